The van der Waals surface area contributed by atoms with Crippen molar-refractivity contribution in [2.75, 3.05) is 0 Å². The van der Waals surface area contributed by atoms with Crippen LogP contribution in [0.2, 0.25) is 0 Å². The Morgan fingerprint density at radius 3 is 1.50 bits per heavy atom. The topological polar surface area (TPSA) is 109 Å². The summed E-state index contributed by atoms with van der Waals surface area (Å²) in [5, 5.41) is 7.71. The minimum atomic E-state index is -0.115. The first-order chi connectivity index (χ1) is 14.5. The Labute approximate surface area is 191 Å². The van der Waals surface area contributed by atoms with Crippen LogP contribution >= 0.6 is 31.9 Å². The minimum absolute atomic E-state index is 0.115. The van der Waals surface area contributed by atoms with Crippen LogP contribution in [-0.4, -0.2) is 24.2 Å². The molecule has 162 valence electrons. The predicted molar refractivity (Wildman–Crippen MR) is 121 cm³/mol. The number of hydrogen-bond donors (Lipinski definition) is 2. The normalized spacial score (nSPS) is 11.4. The standard InChI is InChI=1S/C20H24Br2N4O4/c21-17-11-9-15(29-17)13-23-25-19(27)7-5-3-1-2-4-6-8-20(28)26-24-14-16-10-12-18(22)30-16/h9-14H,1-8H2,(H,25,27)(H,26,28)/b23-13-,24-14-. The summed E-state index contributed by atoms with van der Waals surface area (Å²) >= 11 is 6.40. The highest BCUT2D eigenvalue weighted by Crippen LogP contribution is 2.13. The molecule has 30 heavy (non-hydrogen) atoms. The number of amides is 2. The Morgan fingerprint density at radius 1 is 0.733 bits per heavy atom. The third-order valence-corrected chi connectivity index (χ3v) is 4.86. The third kappa shape index (κ3) is 10.5. The van der Waals surface area contributed by atoms with E-state index in [1.807, 2.05) is 0 Å². The maximum absolute atomic E-state index is 11.7. The second kappa shape index (κ2) is 13.9. The van der Waals surface area contributed by atoms with Gasteiger partial charge >= 0.3 is 0 Å². The Balaban J connectivity index is 1.41. The van der Waals surface area contributed by atoms with Crippen molar-refractivity contribution in [2.45, 2.75) is 51.4 Å². The van der Waals surface area contributed by atoms with Crippen LogP contribution in [0, 0.1) is 0 Å². The monoisotopic (exact) mass is 542 g/mol. The number of carbonyl (C=O) groups is 2. The number of halogens is 2. The Hall–Kier alpha value is -2.20. The average molecular weight is 544 g/mol. The number of hydrogen-bond acceptors (Lipinski definition) is 6. The number of rotatable bonds is 13. The van der Waals surface area contributed by atoms with Gasteiger partial charge < -0.3 is 8.83 Å². The zero-order valence-electron chi connectivity index (χ0n) is 16.4. The van der Waals surface area contributed by atoms with Gasteiger partial charge in [0.2, 0.25) is 11.8 Å². The van der Waals surface area contributed by atoms with E-state index in [4.69, 9.17) is 8.83 Å². The van der Waals surface area contributed by atoms with Crippen LogP contribution in [0.5, 0.6) is 0 Å². The largest absolute Gasteiger partial charge is 0.448 e. The lowest BCUT2D eigenvalue weighted by molar-refractivity contribution is -0.122. The Bertz CT molecular complexity index is 790. The Morgan fingerprint density at radius 2 is 1.13 bits per heavy atom. The molecule has 2 heterocycles. The van der Waals surface area contributed by atoms with E-state index in [-0.39, 0.29) is 11.8 Å². The highest BCUT2D eigenvalue weighted by atomic mass is 79.9. The maximum Gasteiger partial charge on any atom is 0.240 e. The summed E-state index contributed by atoms with van der Waals surface area (Å²) in [6, 6.07) is 7.00. The SMILES string of the molecule is O=C(CCCCCCCCC(=O)N/N=C\c1ccc(Br)o1)N/N=C\c1ccc(Br)o1. The molecule has 10 heteroatoms. The molecule has 0 aromatic carbocycles. The van der Waals surface area contributed by atoms with Gasteiger partial charge in [-0.15, -0.1) is 0 Å². The molecule has 2 N–H and O–H groups in total. The molecular weight excluding hydrogens is 520 g/mol. The fourth-order valence-electron chi connectivity index (χ4n) is 2.52. The summed E-state index contributed by atoms with van der Waals surface area (Å²) in [6.45, 7) is 0. The van der Waals surface area contributed by atoms with E-state index >= 15 is 0 Å². The maximum atomic E-state index is 11.7. The van der Waals surface area contributed by atoms with Crippen LogP contribution in [0.15, 0.2) is 52.6 Å². The summed E-state index contributed by atoms with van der Waals surface area (Å²) in [4.78, 5) is 23.4. The molecule has 0 saturated heterocycles. The molecule has 2 rings (SSSR count). The van der Waals surface area contributed by atoms with Crippen molar-refractivity contribution >= 4 is 56.1 Å². The van der Waals surface area contributed by atoms with Crippen molar-refractivity contribution in [3.63, 3.8) is 0 Å². The van der Waals surface area contributed by atoms with Gasteiger partial charge in [-0.1, -0.05) is 25.7 Å². The van der Waals surface area contributed by atoms with Crippen LogP contribution in [0.3, 0.4) is 0 Å². The first-order valence-corrected chi connectivity index (χ1v) is 11.3. The van der Waals surface area contributed by atoms with Gasteiger partial charge in [0.25, 0.3) is 0 Å². The molecule has 0 unspecified atom stereocenters. The molecule has 2 amide bonds. The highest BCUT2D eigenvalue weighted by molar-refractivity contribution is 9.10. The number of furan rings is 2. The van der Waals surface area contributed by atoms with E-state index in [1.54, 1.807) is 24.3 Å². The van der Waals surface area contributed by atoms with E-state index < -0.39 is 0 Å². The lowest BCUT2D eigenvalue weighted by Crippen LogP contribution is -2.17. The summed E-state index contributed by atoms with van der Waals surface area (Å²) < 4.78 is 11.7. The zero-order valence-corrected chi connectivity index (χ0v) is 19.6. The molecule has 0 aliphatic heterocycles. The first-order valence-electron chi connectivity index (χ1n) is 9.67. The van der Waals surface area contributed by atoms with Crippen molar-refractivity contribution in [1.29, 1.82) is 0 Å². The summed E-state index contributed by atoms with van der Waals surface area (Å²) in [5.41, 5.74) is 4.97. The minimum Gasteiger partial charge on any atom is -0.448 e. The molecule has 0 aliphatic carbocycles. The second-order valence-electron chi connectivity index (χ2n) is 6.49. The van der Waals surface area contributed by atoms with Gasteiger partial charge in [-0.05, 0) is 69.0 Å². The fraction of sp³-hybridized carbons (Fsp3) is 0.400. The zero-order chi connectivity index (χ0) is 21.6. The summed E-state index contributed by atoms with van der Waals surface area (Å²) in [6.07, 6.45) is 9.42. The van der Waals surface area contributed by atoms with Crippen molar-refractivity contribution in [2.24, 2.45) is 10.2 Å². The molecular formula is C20H24Br2N4O4. The van der Waals surface area contributed by atoms with Gasteiger partial charge in [0.15, 0.2) is 9.34 Å². The fourth-order valence-corrected chi connectivity index (χ4v) is 3.16. The number of nitrogens with one attached hydrogen (secondary N) is 2. The van der Waals surface area contributed by atoms with Gasteiger partial charge in [0.05, 0.1) is 12.4 Å². The van der Waals surface area contributed by atoms with Crippen LogP contribution in [0.1, 0.15) is 62.9 Å². The van der Waals surface area contributed by atoms with E-state index in [2.05, 4.69) is 52.9 Å². The number of unbranched alkanes of at least 4 members (excludes halogenated alkanes) is 5. The molecule has 0 bridgehead atoms. The van der Waals surface area contributed by atoms with Crippen LogP contribution in [0.25, 0.3) is 0 Å². The molecule has 0 spiro atoms. The third-order valence-electron chi connectivity index (χ3n) is 4.01. The molecule has 8 nitrogen and oxygen atoms in total. The van der Waals surface area contributed by atoms with Gasteiger partial charge in [0, 0.05) is 12.8 Å². The van der Waals surface area contributed by atoms with Gasteiger partial charge in [-0.25, -0.2) is 10.9 Å². The molecule has 0 atom stereocenters. The van der Waals surface area contributed by atoms with E-state index in [0.29, 0.717) is 33.7 Å². The molecule has 0 fully saturated rings. The van der Waals surface area contributed by atoms with E-state index in [1.165, 1.54) is 12.4 Å². The number of nitrogens with zero attached hydrogens (tertiary/aromatic N) is 2. The summed E-state index contributed by atoms with van der Waals surface area (Å²) in [5.74, 6) is 0.897. The summed E-state index contributed by atoms with van der Waals surface area (Å²) in [7, 11) is 0. The molecule has 2 aromatic heterocycles. The average Bonchev–Trinajstić information content (AvgIpc) is 3.31. The van der Waals surface area contributed by atoms with Gasteiger partial charge in [-0.2, -0.15) is 10.2 Å². The van der Waals surface area contributed by atoms with Crippen LogP contribution in [0.4, 0.5) is 0 Å². The van der Waals surface area contributed by atoms with E-state index in [0.717, 1.165) is 38.5 Å². The lowest BCUT2D eigenvalue weighted by Gasteiger charge is -2.02. The van der Waals surface area contributed by atoms with Crippen LogP contribution in [-0.2, 0) is 9.59 Å². The molecule has 2 aromatic rings. The van der Waals surface area contributed by atoms with Gasteiger partial charge in [0.1, 0.15) is 11.5 Å². The Kier molecular flexibility index (Phi) is 11.2. The van der Waals surface area contributed by atoms with E-state index in [9.17, 15) is 9.59 Å². The predicted octanol–water partition coefficient (Wildman–Crippen LogP) is 5.12. The van der Waals surface area contributed by atoms with Crippen LogP contribution < -0.4 is 10.9 Å². The molecule has 0 radical (unpaired) electrons. The second-order valence-corrected chi connectivity index (χ2v) is 8.05. The smallest absolute Gasteiger partial charge is 0.240 e. The van der Waals surface area contributed by atoms with Gasteiger partial charge in [-0.3, -0.25) is 9.59 Å². The van der Waals surface area contributed by atoms with Crippen molar-refractivity contribution in [1.82, 2.24) is 10.9 Å². The lowest BCUT2D eigenvalue weighted by atomic mass is 10.1. The quantitative estimate of drug-likeness (QED) is 0.207. The molecule has 0 saturated carbocycles. The number of hydrazone groups is 2. The van der Waals surface area contributed by atoms with Crippen molar-refractivity contribution in [3.05, 3.63) is 45.1 Å². The van der Waals surface area contributed by atoms with Crippen molar-refractivity contribution < 1.29 is 18.4 Å². The molecule has 0 aliphatic rings. The van der Waals surface area contributed by atoms with Crippen molar-refractivity contribution in [3.8, 4) is 0 Å². The number of carbonyl (C=O) groups excluding carboxylic acids is 2. The highest BCUT2D eigenvalue weighted by Gasteiger charge is 2.02. The first kappa shape index (κ1) is 24.1.